The van der Waals surface area contributed by atoms with Crippen LogP contribution >= 0.6 is 0 Å². The second-order valence-electron chi connectivity index (χ2n) is 12.4. The molecule has 0 spiro atoms. The minimum atomic E-state index is -0.311. The van der Waals surface area contributed by atoms with Gasteiger partial charge in [-0.25, -0.2) is 0 Å². The summed E-state index contributed by atoms with van der Waals surface area (Å²) in [6.07, 6.45) is 8.07. The van der Waals surface area contributed by atoms with Crippen LogP contribution in [0, 0.1) is 11.8 Å². The molecule has 238 valence electrons. The summed E-state index contributed by atoms with van der Waals surface area (Å²) in [5.74, 6) is 1.85. The van der Waals surface area contributed by atoms with Gasteiger partial charge in [0.05, 0.1) is 17.8 Å². The maximum Gasteiger partial charge on any atom is 0.224 e. The van der Waals surface area contributed by atoms with Gasteiger partial charge in [-0.1, -0.05) is 29.4 Å². The molecule has 2 aromatic heterocycles. The van der Waals surface area contributed by atoms with Crippen molar-refractivity contribution >= 4 is 18.1 Å². The third kappa shape index (κ3) is 8.47. The normalized spacial score (nSPS) is 18.2. The first kappa shape index (κ1) is 31.7. The van der Waals surface area contributed by atoms with Crippen LogP contribution in [0.2, 0.25) is 0 Å². The van der Waals surface area contributed by atoms with Gasteiger partial charge < -0.3 is 30.1 Å². The topological polar surface area (TPSA) is 129 Å². The average Bonchev–Trinajstić information content (AvgIpc) is 3.69. The SMILES string of the molecule is CC(NC(=O)C(CCCNC=O)Cc1cc(N2CCC(CN3CCC(O)CC3)CC2)no1)c1ccc(-c2ccnn2C)cc1. The molecule has 4 heterocycles. The van der Waals surface area contributed by atoms with Crippen LogP contribution in [-0.4, -0.2) is 82.6 Å². The zero-order chi connectivity index (χ0) is 30.9. The lowest BCUT2D eigenvalue weighted by atomic mass is 9.94. The molecule has 2 amide bonds. The minimum absolute atomic E-state index is 0.0386. The Labute approximate surface area is 260 Å². The number of aliphatic hydroxyl groups excluding tert-OH is 1. The van der Waals surface area contributed by atoms with Crippen LogP contribution in [0.25, 0.3) is 11.3 Å². The van der Waals surface area contributed by atoms with Gasteiger partial charge in [0.25, 0.3) is 0 Å². The number of hydrogen-bond acceptors (Lipinski definition) is 8. The van der Waals surface area contributed by atoms with E-state index >= 15 is 0 Å². The number of carbonyl (C=O) groups is 2. The molecule has 11 nitrogen and oxygen atoms in total. The number of aliphatic hydroxyl groups is 1. The van der Waals surface area contributed by atoms with E-state index in [0.29, 0.717) is 43.9 Å². The molecule has 2 saturated heterocycles. The molecule has 0 radical (unpaired) electrons. The van der Waals surface area contributed by atoms with Crippen molar-refractivity contribution in [3.63, 3.8) is 0 Å². The fourth-order valence-corrected chi connectivity index (χ4v) is 6.45. The first-order valence-electron chi connectivity index (χ1n) is 16.1. The van der Waals surface area contributed by atoms with Crippen molar-refractivity contribution in [3.05, 3.63) is 53.9 Å². The van der Waals surface area contributed by atoms with Gasteiger partial charge in [-0.15, -0.1) is 0 Å². The molecule has 3 N–H and O–H groups in total. The summed E-state index contributed by atoms with van der Waals surface area (Å²) in [6, 6.07) is 12.0. The van der Waals surface area contributed by atoms with Crippen molar-refractivity contribution in [2.45, 2.75) is 64.0 Å². The largest absolute Gasteiger partial charge is 0.393 e. The van der Waals surface area contributed by atoms with E-state index in [-0.39, 0.29) is 24.0 Å². The molecule has 2 aliphatic rings. The van der Waals surface area contributed by atoms with Gasteiger partial charge in [-0.2, -0.15) is 5.10 Å². The standard InChI is InChI=1S/C33H47N7O4/c1-24(26-5-7-27(8-6-26)31-9-15-35-38(31)2)36-33(43)28(4-3-14-34-23-41)20-30-21-32(37-44-30)40-18-10-25(11-19-40)22-39-16-12-29(42)13-17-39/h5-9,15,21,23-25,28-29,42H,3-4,10-14,16-20,22H2,1-2H3,(H,34,41)(H,36,43). The van der Waals surface area contributed by atoms with Crippen molar-refractivity contribution in [1.82, 2.24) is 30.5 Å². The predicted molar refractivity (Wildman–Crippen MR) is 169 cm³/mol. The van der Waals surface area contributed by atoms with Crippen LogP contribution in [0.1, 0.15) is 62.8 Å². The lowest BCUT2D eigenvalue weighted by Gasteiger charge is -2.36. The summed E-state index contributed by atoms with van der Waals surface area (Å²) in [7, 11) is 1.92. The van der Waals surface area contributed by atoms with Crippen LogP contribution in [0.3, 0.4) is 0 Å². The lowest BCUT2D eigenvalue weighted by Crippen LogP contribution is -2.42. The molecule has 44 heavy (non-hydrogen) atoms. The average molecular weight is 606 g/mol. The van der Waals surface area contributed by atoms with Crippen LogP contribution in [0.5, 0.6) is 0 Å². The molecule has 0 aliphatic carbocycles. The molecule has 2 atom stereocenters. The van der Waals surface area contributed by atoms with Gasteiger partial charge >= 0.3 is 0 Å². The molecular weight excluding hydrogens is 558 g/mol. The molecule has 2 aliphatic heterocycles. The van der Waals surface area contributed by atoms with E-state index in [4.69, 9.17) is 4.52 Å². The van der Waals surface area contributed by atoms with Crippen LogP contribution in [0.4, 0.5) is 5.82 Å². The summed E-state index contributed by atoms with van der Waals surface area (Å²) >= 11 is 0. The highest BCUT2D eigenvalue weighted by Gasteiger charge is 2.27. The summed E-state index contributed by atoms with van der Waals surface area (Å²) < 4.78 is 7.59. The van der Waals surface area contributed by atoms with Gasteiger partial charge in [0.2, 0.25) is 12.3 Å². The van der Waals surface area contributed by atoms with E-state index in [0.717, 1.165) is 81.0 Å². The number of carbonyl (C=O) groups excluding carboxylic acids is 2. The number of hydrogen-bond donors (Lipinski definition) is 3. The fraction of sp³-hybridized carbons (Fsp3) is 0.576. The Kier molecular flexibility index (Phi) is 11.1. The summed E-state index contributed by atoms with van der Waals surface area (Å²) in [5.41, 5.74) is 3.13. The number of amides is 2. The van der Waals surface area contributed by atoms with Gasteiger partial charge in [0.15, 0.2) is 5.82 Å². The molecule has 3 aromatic rings. The number of aromatic nitrogens is 3. The summed E-state index contributed by atoms with van der Waals surface area (Å²) in [6.45, 7) is 7.47. The smallest absolute Gasteiger partial charge is 0.224 e. The van der Waals surface area contributed by atoms with E-state index < -0.39 is 0 Å². The van der Waals surface area contributed by atoms with Crippen molar-refractivity contribution < 1.29 is 19.2 Å². The number of benzene rings is 1. The van der Waals surface area contributed by atoms with Crippen LogP contribution < -0.4 is 15.5 Å². The number of anilines is 1. The van der Waals surface area contributed by atoms with Crippen LogP contribution in [0.15, 0.2) is 47.1 Å². The number of piperidine rings is 2. The fourth-order valence-electron chi connectivity index (χ4n) is 6.45. The predicted octanol–water partition coefficient (Wildman–Crippen LogP) is 3.31. The second-order valence-corrected chi connectivity index (χ2v) is 12.4. The quantitative estimate of drug-likeness (QED) is 0.189. The highest BCUT2D eigenvalue weighted by molar-refractivity contribution is 5.79. The van der Waals surface area contributed by atoms with Crippen molar-refractivity contribution in [2.75, 3.05) is 44.2 Å². The number of aryl methyl sites for hydroxylation is 1. The van der Waals surface area contributed by atoms with Gasteiger partial charge in [-0.3, -0.25) is 14.3 Å². The zero-order valence-electron chi connectivity index (χ0n) is 26.0. The molecule has 1 aromatic carbocycles. The Morgan fingerprint density at radius 3 is 2.55 bits per heavy atom. The first-order chi connectivity index (χ1) is 21.4. The molecule has 2 unspecified atom stereocenters. The third-order valence-electron chi connectivity index (χ3n) is 9.22. The monoisotopic (exact) mass is 605 g/mol. The molecule has 0 saturated carbocycles. The van der Waals surface area contributed by atoms with E-state index in [1.54, 1.807) is 6.20 Å². The van der Waals surface area contributed by atoms with Gasteiger partial charge in [0, 0.05) is 70.9 Å². The van der Waals surface area contributed by atoms with Gasteiger partial charge in [0.1, 0.15) is 5.76 Å². The van der Waals surface area contributed by atoms with Crippen molar-refractivity contribution in [2.24, 2.45) is 18.9 Å². The highest BCUT2D eigenvalue weighted by atomic mass is 16.5. The Morgan fingerprint density at radius 1 is 1.11 bits per heavy atom. The van der Waals surface area contributed by atoms with Crippen LogP contribution in [-0.2, 0) is 23.1 Å². The van der Waals surface area contributed by atoms with Crippen molar-refractivity contribution in [1.29, 1.82) is 0 Å². The van der Waals surface area contributed by atoms with E-state index in [1.807, 2.05) is 42.9 Å². The molecule has 0 bridgehead atoms. The lowest BCUT2D eigenvalue weighted by molar-refractivity contribution is -0.126. The van der Waals surface area contributed by atoms with Crippen molar-refractivity contribution in [3.8, 4) is 11.3 Å². The Bertz CT molecular complexity index is 1320. The van der Waals surface area contributed by atoms with Gasteiger partial charge in [-0.05, 0) is 68.6 Å². The minimum Gasteiger partial charge on any atom is -0.393 e. The molecule has 11 heteroatoms. The molecule has 2 fully saturated rings. The Hall–Kier alpha value is -3.70. The molecular formula is C33H47N7O4. The Balaban J connectivity index is 1.15. The second kappa shape index (κ2) is 15.3. The van der Waals surface area contributed by atoms with E-state index in [9.17, 15) is 14.7 Å². The number of nitrogens with one attached hydrogen (secondary N) is 2. The summed E-state index contributed by atoms with van der Waals surface area (Å²) in [4.78, 5) is 29.0. The van der Waals surface area contributed by atoms with E-state index in [1.165, 1.54) is 0 Å². The maximum atomic E-state index is 13.5. The zero-order valence-corrected chi connectivity index (χ0v) is 26.0. The highest BCUT2D eigenvalue weighted by Crippen LogP contribution is 2.27. The number of nitrogens with zero attached hydrogens (tertiary/aromatic N) is 5. The Morgan fingerprint density at radius 2 is 1.86 bits per heavy atom. The van der Waals surface area contributed by atoms with E-state index in [2.05, 4.69) is 42.8 Å². The molecule has 5 rings (SSSR count). The maximum absolute atomic E-state index is 13.5. The number of likely N-dealkylation sites (tertiary alicyclic amines) is 1. The number of rotatable bonds is 14. The third-order valence-corrected chi connectivity index (χ3v) is 9.22. The first-order valence-corrected chi connectivity index (χ1v) is 16.1. The summed E-state index contributed by atoms with van der Waals surface area (Å²) in [5, 5.41) is 24.3.